The first-order valence-corrected chi connectivity index (χ1v) is 10.1. The third-order valence-corrected chi connectivity index (χ3v) is 9.49. The van der Waals surface area contributed by atoms with E-state index in [0.29, 0.717) is 12.0 Å². The molecule has 4 aliphatic carbocycles. The molecule has 7 heteroatoms. The van der Waals surface area contributed by atoms with Gasteiger partial charge in [-0.05, 0) is 42.2 Å². The van der Waals surface area contributed by atoms with Crippen LogP contribution >= 0.6 is 11.6 Å². The molecular weight excluding hydrogens is 387 g/mol. The van der Waals surface area contributed by atoms with Crippen molar-refractivity contribution in [3.05, 3.63) is 23.6 Å². The van der Waals surface area contributed by atoms with E-state index in [9.17, 15) is 24.9 Å². The molecule has 5 nitrogen and oxygen atoms in total. The Bertz CT molecular complexity index is 839. The van der Waals surface area contributed by atoms with Crippen LogP contribution in [0, 0.1) is 28.6 Å². The van der Waals surface area contributed by atoms with Crippen LogP contribution < -0.4 is 0 Å². The van der Waals surface area contributed by atoms with Crippen LogP contribution in [0.4, 0.5) is 4.39 Å². The van der Waals surface area contributed by atoms with Crippen molar-refractivity contribution < 1.29 is 29.3 Å². The van der Waals surface area contributed by atoms with Crippen LogP contribution in [0.2, 0.25) is 0 Å². The number of aliphatic hydroxyl groups excluding tert-OH is 1. The van der Waals surface area contributed by atoms with Crippen molar-refractivity contribution in [3.8, 4) is 0 Å². The van der Waals surface area contributed by atoms with Crippen LogP contribution in [0.5, 0.6) is 0 Å². The lowest BCUT2D eigenvalue weighted by atomic mass is 9.46. The van der Waals surface area contributed by atoms with Gasteiger partial charge in [-0.15, -0.1) is 11.6 Å². The fourth-order valence-corrected chi connectivity index (χ4v) is 7.45. The summed E-state index contributed by atoms with van der Waals surface area (Å²) in [4.78, 5) is 22.7. The summed E-state index contributed by atoms with van der Waals surface area (Å²) in [7, 11) is 0. The van der Waals surface area contributed by atoms with Crippen LogP contribution in [0.3, 0.4) is 0 Å². The van der Waals surface area contributed by atoms with E-state index in [0.717, 1.165) is 0 Å². The number of halogens is 2. The summed E-state index contributed by atoms with van der Waals surface area (Å²) < 4.78 is 15.2. The van der Waals surface area contributed by atoms with E-state index in [2.05, 4.69) is 0 Å². The number of aliphatic hydroxyl groups is 2. The predicted molar refractivity (Wildman–Crippen MR) is 100 cm³/mol. The molecule has 0 aliphatic heterocycles. The quantitative estimate of drug-likeness (QED) is 0.575. The fraction of sp³-hybridized carbons (Fsp3) is 0.714. The molecule has 0 aromatic heterocycles. The summed E-state index contributed by atoms with van der Waals surface area (Å²) in [5.41, 5.74) is -3.89. The molecule has 0 heterocycles. The molecule has 0 amide bonds. The van der Waals surface area contributed by atoms with Gasteiger partial charge in [0, 0.05) is 23.7 Å². The highest BCUT2D eigenvalue weighted by Crippen LogP contribution is 2.71. The molecule has 154 valence electrons. The fourth-order valence-electron chi connectivity index (χ4n) is 6.97. The Morgan fingerprint density at radius 1 is 1.32 bits per heavy atom. The summed E-state index contributed by atoms with van der Waals surface area (Å²) in [6, 6.07) is 0. The van der Waals surface area contributed by atoms with Crippen molar-refractivity contribution >= 4 is 23.4 Å². The Kier molecular flexibility index (Phi) is 4.06. The highest BCUT2D eigenvalue weighted by atomic mass is 35.5. The molecule has 3 N–H and O–H groups in total. The normalized spacial score (nSPS) is 52.9. The Hall–Kier alpha value is -1.24. The lowest BCUT2D eigenvalue weighted by Gasteiger charge is -2.63. The van der Waals surface area contributed by atoms with Gasteiger partial charge < -0.3 is 15.3 Å². The minimum absolute atomic E-state index is 0.00289. The Labute approximate surface area is 168 Å². The second-order valence-corrected chi connectivity index (χ2v) is 10.2. The van der Waals surface area contributed by atoms with Crippen LogP contribution in [0.15, 0.2) is 23.6 Å². The van der Waals surface area contributed by atoms with Crippen LogP contribution in [0.1, 0.15) is 46.5 Å². The van der Waals surface area contributed by atoms with Crippen molar-refractivity contribution in [3.63, 3.8) is 0 Å². The maximum Gasteiger partial charge on any atom is 0.336 e. The van der Waals surface area contributed by atoms with Gasteiger partial charge in [0.05, 0.1) is 11.0 Å². The van der Waals surface area contributed by atoms with Gasteiger partial charge in [0.2, 0.25) is 0 Å². The maximum absolute atomic E-state index is 15.2. The number of alkyl halides is 1. The van der Waals surface area contributed by atoms with E-state index in [1.807, 2.05) is 0 Å². The molecule has 8 atom stereocenters. The zero-order valence-electron chi connectivity index (χ0n) is 16.2. The van der Waals surface area contributed by atoms with Crippen molar-refractivity contribution in [2.75, 3.05) is 0 Å². The Morgan fingerprint density at radius 2 is 1.96 bits per heavy atom. The molecule has 2 saturated carbocycles. The monoisotopic (exact) mass is 412 g/mol. The second kappa shape index (κ2) is 5.67. The minimum atomic E-state index is -2.02. The SMILES string of the molecule is CC1CC2C3CC(F)=C4CC(=O)C=C[C@]4(C)[C@@]3(Cl)[C@@H](O)C[C@]2(C)[C@@]1(O)C(=O)O. The van der Waals surface area contributed by atoms with E-state index in [1.165, 1.54) is 6.08 Å². The van der Waals surface area contributed by atoms with Gasteiger partial charge in [0.25, 0.3) is 0 Å². The molecule has 0 saturated heterocycles. The highest BCUT2D eigenvalue weighted by molar-refractivity contribution is 6.26. The number of allylic oxidation sites excluding steroid dienone is 4. The smallest absolute Gasteiger partial charge is 0.336 e. The van der Waals surface area contributed by atoms with Crippen LogP contribution in [-0.4, -0.2) is 43.7 Å². The van der Waals surface area contributed by atoms with Crippen molar-refractivity contribution in [2.24, 2.45) is 28.6 Å². The molecule has 28 heavy (non-hydrogen) atoms. The van der Waals surface area contributed by atoms with Crippen molar-refractivity contribution in [1.29, 1.82) is 0 Å². The third kappa shape index (κ3) is 1.99. The molecule has 4 rings (SSSR count). The number of rotatable bonds is 1. The number of aliphatic carboxylic acids is 1. The molecule has 3 unspecified atom stereocenters. The average molecular weight is 413 g/mol. The topological polar surface area (TPSA) is 94.8 Å². The van der Waals surface area contributed by atoms with E-state index in [1.54, 1.807) is 26.8 Å². The predicted octanol–water partition coefficient (Wildman–Crippen LogP) is 2.99. The van der Waals surface area contributed by atoms with Crippen molar-refractivity contribution in [2.45, 2.75) is 63.0 Å². The number of carboxylic acids is 1. The Balaban J connectivity index is 1.91. The largest absolute Gasteiger partial charge is 0.479 e. The molecular formula is C21H26ClFO5. The van der Waals surface area contributed by atoms with Crippen LogP contribution in [-0.2, 0) is 9.59 Å². The number of hydrogen-bond acceptors (Lipinski definition) is 4. The van der Waals surface area contributed by atoms with E-state index in [-0.39, 0.29) is 31.0 Å². The number of carbonyl (C=O) groups excluding carboxylic acids is 1. The van der Waals surface area contributed by atoms with Gasteiger partial charge in [-0.25, -0.2) is 9.18 Å². The van der Waals surface area contributed by atoms with Gasteiger partial charge in [-0.1, -0.05) is 26.8 Å². The number of ketones is 1. The first-order chi connectivity index (χ1) is 12.8. The standard InChI is InChI=1S/C21H26ClFO5/c1-10-6-12-13-8-15(23)14-7-11(24)4-5-18(14,2)20(13,22)16(25)9-19(12,3)21(10,28)17(26)27/h4-5,10,12-13,16,25,28H,6-9H2,1-3H3,(H,26,27)/t10?,12?,13?,16-,18-,19-,20-,21-/m0/s1. The van der Waals surface area contributed by atoms with Gasteiger partial charge in [-0.3, -0.25) is 4.79 Å². The number of hydrogen-bond donors (Lipinski definition) is 3. The number of carbonyl (C=O) groups is 2. The zero-order chi connectivity index (χ0) is 20.9. The first kappa shape index (κ1) is 20.0. The molecule has 0 aromatic rings. The molecule has 0 bridgehead atoms. The van der Waals surface area contributed by atoms with Gasteiger partial charge in [0.1, 0.15) is 5.83 Å². The summed E-state index contributed by atoms with van der Waals surface area (Å²) in [6.45, 7) is 5.10. The Morgan fingerprint density at radius 3 is 2.57 bits per heavy atom. The number of carboxylic acid groups (broad SMARTS) is 1. The number of fused-ring (bicyclic) bond motifs is 5. The van der Waals surface area contributed by atoms with Crippen molar-refractivity contribution in [1.82, 2.24) is 0 Å². The van der Waals surface area contributed by atoms with Gasteiger partial charge in [-0.2, -0.15) is 0 Å². The van der Waals surface area contributed by atoms with E-state index in [4.69, 9.17) is 11.6 Å². The molecule has 0 radical (unpaired) electrons. The molecule has 2 fully saturated rings. The van der Waals surface area contributed by atoms with Gasteiger partial charge in [0.15, 0.2) is 11.4 Å². The minimum Gasteiger partial charge on any atom is -0.479 e. The lowest BCUT2D eigenvalue weighted by Crippen LogP contribution is -2.68. The third-order valence-electron chi connectivity index (χ3n) is 8.57. The highest BCUT2D eigenvalue weighted by Gasteiger charge is 2.75. The van der Waals surface area contributed by atoms with Gasteiger partial charge >= 0.3 is 5.97 Å². The molecule has 0 spiro atoms. The molecule has 0 aromatic carbocycles. The van der Waals surface area contributed by atoms with E-state index >= 15 is 4.39 Å². The first-order valence-electron chi connectivity index (χ1n) is 9.76. The lowest BCUT2D eigenvalue weighted by molar-refractivity contribution is -0.193. The second-order valence-electron chi connectivity index (χ2n) is 9.59. The summed E-state index contributed by atoms with van der Waals surface area (Å²) in [6.07, 6.45) is 2.08. The average Bonchev–Trinajstić information content (AvgIpc) is 2.81. The maximum atomic E-state index is 15.2. The van der Waals surface area contributed by atoms with E-state index < -0.39 is 51.0 Å². The van der Waals surface area contributed by atoms with Crippen LogP contribution in [0.25, 0.3) is 0 Å². The zero-order valence-corrected chi connectivity index (χ0v) is 17.0. The summed E-state index contributed by atoms with van der Waals surface area (Å²) in [5.74, 6) is -3.43. The summed E-state index contributed by atoms with van der Waals surface area (Å²) >= 11 is 7.16. The summed E-state index contributed by atoms with van der Waals surface area (Å²) in [5, 5.41) is 32.2. The molecule has 4 aliphatic rings.